The number of nitrogens with zero attached hydrogens (tertiary/aromatic N) is 13. The number of benzene rings is 3. The van der Waals surface area contributed by atoms with Crippen molar-refractivity contribution in [2.45, 2.75) is 110 Å². The van der Waals surface area contributed by atoms with Crippen molar-refractivity contribution in [3.8, 4) is 17.2 Å². The van der Waals surface area contributed by atoms with Crippen LogP contribution in [0.3, 0.4) is 0 Å². The second-order valence-electron chi connectivity index (χ2n) is 19.7. The van der Waals surface area contributed by atoms with Crippen molar-refractivity contribution in [2.24, 2.45) is 5.84 Å². The molecule has 3 aromatic carbocycles. The van der Waals surface area contributed by atoms with Crippen LogP contribution in [0.15, 0.2) is 54.6 Å². The Hall–Kier alpha value is -5.57. The third-order valence-electron chi connectivity index (χ3n) is 13.3. The molecule has 4 aliphatic heterocycles. The lowest BCUT2D eigenvalue weighted by atomic mass is 10.2. The Kier molecular flexibility index (Phi) is 29.3. The van der Waals surface area contributed by atoms with Gasteiger partial charge in [-0.25, -0.2) is 20.0 Å². The van der Waals surface area contributed by atoms with E-state index < -0.39 is 0 Å². The van der Waals surface area contributed by atoms with E-state index >= 15 is 0 Å². The van der Waals surface area contributed by atoms with E-state index in [9.17, 15) is 0 Å². The molecule has 6 aromatic rings. The molecule has 0 spiro atoms. The van der Waals surface area contributed by atoms with E-state index in [0.29, 0.717) is 67.7 Å². The Labute approximate surface area is 523 Å². The molecule has 10 rings (SSSR count). The van der Waals surface area contributed by atoms with Crippen LogP contribution in [-0.4, -0.2) is 139 Å². The van der Waals surface area contributed by atoms with Gasteiger partial charge in [0.25, 0.3) is 0 Å². The van der Waals surface area contributed by atoms with E-state index in [1.54, 1.807) is 57.7 Å². The first-order valence-corrected chi connectivity index (χ1v) is 30.2. The summed E-state index contributed by atoms with van der Waals surface area (Å²) in [6.45, 7) is 8.05. The number of rotatable bonds is 15. The maximum absolute atomic E-state index is 6.29. The Morgan fingerprint density at radius 1 is 0.345 bits per heavy atom. The molecule has 84 heavy (non-hydrogen) atoms. The molecule has 8 N–H and O–H groups in total. The lowest BCUT2D eigenvalue weighted by Crippen LogP contribution is -2.34. The van der Waals surface area contributed by atoms with E-state index in [0.717, 1.165) is 76.6 Å². The molecule has 4 saturated heterocycles. The predicted molar refractivity (Wildman–Crippen MR) is 340 cm³/mol. The van der Waals surface area contributed by atoms with E-state index in [2.05, 4.69) is 92.1 Å². The Bertz CT molecular complexity index is 2850. The van der Waals surface area contributed by atoms with Crippen LogP contribution < -0.4 is 52.3 Å². The van der Waals surface area contributed by atoms with Gasteiger partial charge in [-0.3, -0.25) is 22.1 Å². The van der Waals surface area contributed by atoms with Gasteiger partial charge < -0.3 is 30.2 Å². The number of methoxy groups -OCH3 is 3. The van der Waals surface area contributed by atoms with Crippen LogP contribution in [0.1, 0.15) is 110 Å². The molecule has 0 saturated carbocycles. The van der Waals surface area contributed by atoms with E-state index in [-0.39, 0.29) is 29.2 Å². The molecule has 0 atom stereocenters. The summed E-state index contributed by atoms with van der Waals surface area (Å²) in [5.74, 6) is 9.89. The average molecular weight is 1280 g/mol. The molecule has 0 bridgehead atoms. The van der Waals surface area contributed by atoms with Gasteiger partial charge in [0.1, 0.15) is 17.2 Å². The largest absolute Gasteiger partial charge is 0.495 e. The fraction of sp³-hybridized carbons (Fsp3) is 0.509. The summed E-state index contributed by atoms with van der Waals surface area (Å²) in [6.07, 6.45) is 19.9. The standard InChI is InChI=1S/C22H33ClN8O.C16H20Cl2N6O.C10H7Cl3N4O.C6H14N2.CH4/c1-32-19-11-10-17(16-18(19)23)24-20-25-21(28-30-12-6-2-3-7-13-30)27-22(26-20)29-31-14-8-4-5-9-15-31;1-25-13-7-6-11(10-12(13)17)19-15-20-14(18)21-16(22-15)23-24-8-4-2-3-5-9-24;1-18-7-3-2-5(4-6(7)11)14-10-16-8(12)15-9(13)17-10;7-8-5-3-1-2-4-6-8;/h10-11,16H,2-9,12-15H2,1H3,(H3,24,25,26,27,28,29);6-7,10H,2-5,8-9H2,1H3,(H2,19,20,21,22,23);2-4H,1H3,(H,14,15,16,17);1-7H2;1H4. The SMILES string of the molecule is C.COc1ccc(Nc2nc(Cl)nc(Cl)n2)cc1Cl.COc1ccc(Nc2nc(Cl)nc(NN3CCCCCC3)n2)cc1Cl.COc1ccc(Nc2nc(NN3CCCCCC3)nc(NN3CCCCCC3)n2)cc1Cl.NN1CCCCCC1. The van der Waals surface area contributed by atoms with Gasteiger partial charge in [0.05, 0.1) is 36.4 Å². The highest BCUT2D eigenvalue weighted by molar-refractivity contribution is 6.33. The van der Waals surface area contributed by atoms with Gasteiger partial charge in [-0.15, -0.1) is 0 Å². The maximum Gasteiger partial charge on any atom is 0.244 e. The molecule has 4 fully saturated rings. The molecule has 0 radical (unpaired) electrons. The number of hydrogen-bond donors (Lipinski definition) is 7. The van der Waals surface area contributed by atoms with Crippen LogP contribution in [0.5, 0.6) is 17.2 Å². The normalized spacial score (nSPS) is 16.2. The summed E-state index contributed by atoms with van der Waals surface area (Å²) in [4.78, 5) is 37.9. The summed E-state index contributed by atoms with van der Waals surface area (Å²) in [5, 5.41) is 19.3. The zero-order valence-corrected chi connectivity index (χ0v) is 51.6. The first-order chi connectivity index (χ1) is 40.3. The number of aromatic nitrogens is 9. The molecule has 29 heteroatoms. The predicted octanol–water partition coefficient (Wildman–Crippen LogP) is 13.8. The fourth-order valence-electron chi connectivity index (χ4n) is 9.06. The van der Waals surface area contributed by atoms with Gasteiger partial charge in [0, 0.05) is 69.4 Å². The summed E-state index contributed by atoms with van der Waals surface area (Å²) in [6, 6.07) is 16.0. The van der Waals surface area contributed by atoms with Gasteiger partial charge in [0.15, 0.2) is 0 Å². The van der Waals surface area contributed by atoms with Crippen molar-refractivity contribution in [3.63, 3.8) is 0 Å². The molecule has 7 heterocycles. The number of hydrazine groups is 4. The second kappa shape index (κ2) is 36.4. The number of ether oxygens (including phenoxy) is 3. The van der Waals surface area contributed by atoms with Gasteiger partial charge in [-0.1, -0.05) is 93.6 Å². The van der Waals surface area contributed by atoms with Gasteiger partial charge >= 0.3 is 0 Å². The number of nitrogens with one attached hydrogen (secondary N) is 6. The molecule has 0 unspecified atom stereocenters. The highest BCUT2D eigenvalue weighted by Gasteiger charge is 2.18. The van der Waals surface area contributed by atoms with Crippen molar-refractivity contribution in [3.05, 3.63) is 85.5 Å². The molecule has 458 valence electrons. The summed E-state index contributed by atoms with van der Waals surface area (Å²) in [5.41, 5.74) is 12.2. The summed E-state index contributed by atoms with van der Waals surface area (Å²) in [7, 11) is 4.71. The van der Waals surface area contributed by atoms with E-state index in [1.165, 1.54) is 89.9 Å². The van der Waals surface area contributed by atoms with Crippen LogP contribution in [-0.2, 0) is 0 Å². The highest BCUT2D eigenvalue weighted by Crippen LogP contribution is 2.31. The molecule has 0 aliphatic carbocycles. The first-order valence-electron chi connectivity index (χ1n) is 27.9. The molecule has 3 aromatic heterocycles. The third kappa shape index (κ3) is 23.7. The first kappa shape index (κ1) is 67.6. The average Bonchev–Trinajstić information content (AvgIpc) is 4.13. The van der Waals surface area contributed by atoms with E-state index in [1.807, 2.05) is 23.2 Å². The van der Waals surface area contributed by atoms with Crippen LogP contribution in [0, 0.1) is 0 Å². The Balaban J connectivity index is 0.000000194. The van der Waals surface area contributed by atoms with Crippen LogP contribution in [0.25, 0.3) is 0 Å². The maximum atomic E-state index is 6.29. The Morgan fingerprint density at radius 3 is 0.905 bits per heavy atom. The molecule has 4 aliphatic rings. The summed E-state index contributed by atoms with van der Waals surface area (Å²) < 4.78 is 15.4. The van der Waals surface area contributed by atoms with Crippen LogP contribution in [0.4, 0.5) is 52.8 Å². The molecular formula is C55H78Cl6N20O3. The van der Waals surface area contributed by atoms with Gasteiger partial charge in [-0.2, -0.15) is 44.9 Å². The zero-order valence-electron chi connectivity index (χ0n) is 47.1. The summed E-state index contributed by atoms with van der Waals surface area (Å²) >= 11 is 35.8. The molecule has 23 nitrogen and oxygen atoms in total. The second-order valence-corrected chi connectivity index (χ2v) is 21.9. The minimum absolute atomic E-state index is 0. The fourth-order valence-corrected chi connectivity index (χ4v) is 10.4. The number of hydrogen-bond acceptors (Lipinski definition) is 23. The topological polar surface area (TPSA) is 255 Å². The molecular weight excluding hydrogens is 1200 g/mol. The Morgan fingerprint density at radius 2 is 0.595 bits per heavy atom. The van der Waals surface area contributed by atoms with Crippen LogP contribution >= 0.6 is 69.6 Å². The van der Waals surface area contributed by atoms with Crippen LogP contribution in [0.2, 0.25) is 30.9 Å². The third-order valence-corrected chi connectivity index (χ3v) is 14.7. The van der Waals surface area contributed by atoms with E-state index in [4.69, 9.17) is 89.7 Å². The van der Waals surface area contributed by atoms with Crippen molar-refractivity contribution in [1.82, 2.24) is 64.9 Å². The quantitative estimate of drug-likeness (QED) is 0.0472. The minimum atomic E-state index is 0. The number of nitrogens with two attached hydrogens (primary N) is 1. The van der Waals surface area contributed by atoms with Gasteiger partial charge in [0.2, 0.25) is 51.5 Å². The van der Waals surface area contributed by atoms with Crippen molar-refractivity contribution < 1.29 is 14.2 Å². The smallest absolute Gasteiger partial charge is 0.244 e. The van der Waals surface area contributed by atoms with Gasteiger partial charge in [-0.05, 0) is 141 Å². The zero-order chi connectivity index (χ0) is 58.8. The highest BCUT2D eigenvalue weighted by atomic mass is 35.5. The number of anilines is 9. The van der Waals surface area contributed by atoms with Crippen molar-refractivity contribution >= 4 is 122 Å². The van der Waals surface area contributed by atoms with Crippen molar-refractivity contribution in [2.75, 3.05) is 106 Å². The minimum Gasteiger partial charge on any atom is -0.495 e. The molecule has 0 amide bonds. The van der Waals surface area contributed by atoms with Crippen molar-refractivity contribution in [1.29, 1.82) is 0 Å². The monoisotopic (exact) mass is 1280 g/mol. The number of halogens is 6. The lowest BCUT2D eigenvalue weighted by molar-refractivity contribution is 0.296. The lowest BCUT2D eigenvalue weighted by Gasteiger charge is -2.23.